The Balaban J connectivity index is 2.54. The number of ether oxygens (including phenoxy) is 1. The number of amides is 3. The molecule has 0 aliphatic heterocycles. The van der Waals surface area contributed by atoms with Gasteiger partial charge in [-0.15, -0.1) is 0 Å². The third kappa shape index (κ3) is 8.72. The number of rotatable bonds is 9. The number of nitrogens with zero attached hydrogens (tertiary/aromatic N) is 2. The molecule has 0 aromatic heterocycles. The van der Waals surface area contributed by atoms with Crippen LogP contribution in [0.15, 0.2) is 48.5 Å². The molecule has 0 saturated heterocycles. The minimum absolute atomic E-state index is 0.0143. The standard InChI is InChI=1S/C27H34N4O6/c1-17(2)29-24(34)23(20-8-6-7-9-22(20)33)31(15-14-28)25(35)21(30-26(36)37-27(3,4)5)16-18-10-12-19(32)13-11-18/h6-13,17,21,23,32-33H,15-16H2,1-5H3,(H,29,34)(H,30,36). The van der Waals surface area contributed by atoms with Crippen LogP contribution in [0.25, 0.3) is 0 Å². The van der Waals surface area contributed by atoms with Crippen molar-refractivity contribution in [3.8, 4) is 17.6 Å². The lowest BCUT2D eigenvalue weighted by Crippen LogP contribution is -2.54. The molecule has 3 amide bonds. The predicted octanol–water partition coefficient (Wildman–Crippen LogP) is 3.15. The average molecular weight is 511 g/mol. The largest absolute Gasteiger partial charge is 0.508 e. The Morgan fingerprint density at radius 1 is 1.03 bits per heavy atom. The summed E-state index contributed by atoms with van der Waals surface area (Å²) >= 11 is 0. The molecule has 2 atom stereocenters. The van der Waals surface area contributed by atoms with Crippen LogP contribution in [0.1, 0.15) is 51.8 Å². The van der Waals surface area contributed by atoms with E-state index in [4.69, 9.17) is 4.74 Å². The summed E-state index contributed by atoms with van der Waals surface area (Å²) in [5.74, 6) is -1.52. The molecule has 0 radical (unpaired) electrons. The normalized spacial score (nSPS) is 12.7. The number of phenols is 2. The van der Waals surface area contributed by atoms with Gasteiger partial charge in [0.2, 0.25) is 11.8 Å². The number of alkyl carbamates (subject to hydrolysis) is 1. The Morgan fingerprint density at radius 3 is 2.19 bits per heavy atom. The number of hydrogen-bond donors (Lipinski definition) is 4. The van der Waals surface area contributed by atoms with Crippen LogP contribution < -0.4 is 10.6 Å². The minimum Gasteiger partial charge on any atom is -0.508 e. The van der Waals surface area contributed by atoms with Crippen molar-refractivity contribution in [3.63, 3.8) is 0 Å². The van der Waals surface area contributed by atoms with Crippen LogP contribution in [0, 0.1) is 11.3 Å². The first-order chi connectivity index (χ1) is 17.3. The minimum atomic E-state index is -1.35. The van der Waals surface area contributed by atoms with Gasteiger partial charge in [-0.1, -0.05) is 30.3 Å². The molecule has 37 heavy (non-hydrogen) atoms. The molecule has 2 rings (SSSR count). The van der Waals surface area contributed by atoms with Gasteiger partial charge in [-0.3, -0.25) is 9.59 Å². The Kier molecular flexibility index (Phi) is 9.89. The van der Waals surface area contributed by atoms with Gasteiger partial charge in [-0.2, -0.15) is 5.26 Å². The smallest absolute Gasteiger partial charge is 0.408 e. The van der Waals surface area contributed by atoms with Crippen molar-refractivity contribution >= 4 is 17.9 Å². The molecule has 0 heterocycles. The highest BCUT2D eigenvalue weighted by Gasteiger charge is 2.37. The van der Waals surface area contributed by atoms with Crippen LogP contribution in [0.4, 0.5) is 4.79 Å². The Morgan fingerprint density at radius 2 is 1.65 bits per heavy atom. The predicted molar refractivity (Wildman–Crippen MR) is 136 cm³/mol. The first kappa shape index (κ1) is 29.0. The number of carbonyl (C=O) groups excluding carboxylic acids is 3. The van der Waals surface area contributed by atoms with E-state index in [0.717, 1.165) is 4.90 Å². The molecule has 2 aromatic rings. The summed E-state index contributed by atoms with van der Waals surface area (Å²) in [7, 11) is 0. The van der Waals surface area contributed by atoms with Crippen molar-refractivity contribution < 1.29 is 29.3 Å². The second-order valence-electron chi connectivity index (χ2n) is 9.82. The van der Waals surface area contributed by atoms with Crippen molar-refractivity contribution in [2.24, 2.45) is 0 Å². The summed E-state index contributed by atoms with van der Waals surface area (Å²) in [5.41, 5.74) is -0.0994. The fourth-order valence-corrected chi connectivity index (χ4v) is 3.62. The SMILES string of the molecule is CC(C)NC(=O)C(c1ccccc1O)N(CC#N)C(=O)C(Cc1ccc(O)cc1)NC(=O)OC(C)(C)C. The third-order valence-corrected chi connectivity index (χ3v) is 5.11. The van der Waals surface area contributed by atoms with Gasteiger partial charge in [0.15, 0.2) is 0 Å². The number of nitrogens with one attached hydrogen (secondary N) is 2. The Hall–Kier alpha value is -4.26. The second kappa shape index (κ2) is 12.6. The number of phenolic OH excluding ortho intramolecular Hbond substituents is 2. The fraction of sp³-hybridized carbons (Fsp3) is 0.407. The second-order valence-corrected chi connectivity index (χ2v) is 9.82. The first-order valence-corrected chi connectivity index (χ1v) is 11.9. The van der Waals surface area contributed by atoms with E-state index >= 15 is 0 Å². The quantitative estimate of drug-likeness (QED) is 0.378. The Bertz CT molecular complexity index is 1130. The lowest BCUT2D eigenvalue weighted by molar-refractivity contribution is -0.142. The van der Waals surface area contributed by atoms with E-state index in [-0.39, 0.29) is 29.5 Å². The van der Waals surface area contributed by atoms with E-state index in [1.54, 1.807) is 58.9 Å². The monoisotopic (exact) mass is 510 g/mol. The summed E-state index contributed by atoms with van der Waals surface area (Å²) in [4.78, 5) is 40.9. The van der Waals surface area contributed by atoms with E-state index < -0.39 is 42.1 Å². The van der Waals surface area contributed by atoms with Crippen molar-refractivity contribution in [1.29, 1.82) is 5.26 Å². The zero-order valence-corrected chi connectivity index (χ0v) is 21.7. The van der Waals surface area contributed by atoms with Crippen LogP contribution in [-0.2, 0) is 20.7 Å². The molecule has 2 unspecified atom stereocenters. The molecule has 2 aromatic carbocycles. The molecule has 0 spiro atoms. The van der Waals surface area contributed by atoms with Crippen molar-refractivity contribution in [3.05, 3.63) is 59.7 Å². The lowest BCUT2D eigenvalue weighted by atomic mass is 9.99. The molecule has 0 fully saturated rings. The van der Waals surface area contributed by atoms with Gasteiger partial charge in [0.05, 0.1) is 6.07 Å². The molecule has 4 N–H and O–H groups in total. The van der Waals surface area contributed by atoms with E-state index in [1.807, 2.05) is 6.07 Å². The molecule has 10 heteroatoms. The molecule has 10 nitrogen and oxygen atoms in total. The first-order valence-electron chi connectivity index (χ1n) is 11.9. The maximum Gasteiger partial charge on any atom is 0.408 e. The van der Waals surface area contributed by atoms with Gasteiger partial charge in [0.1, 0.15) is 35.7 Å². The van der Waals surface area contributed by atoms with Crippen molar-refractivity contribution in [1.82, 2.24) is 15.5 Å². The number of carbonyl (C=O) groups is 3. The summed E-state index contributed by atoms with van der Waals surface area (Å²) in [6, 6.07) is 11.2. The highest BCUT2D eigenvalue weighted by Crippen LogP contribution is 2.30. The van der Waals surface area contributed by atoms with Gasteiger partial charge >= 0.3 is 6.09 Å². The summed E-state index contributed by atoms with van der Waals surface area (Å²) in [6.07, 6.45) is -0.869. The lowest BCUT2D eigenvalue weighted by Gasteiger charge is -2.33. The third-order valence-electron chi connectivity index (χ3n) is 5.11. The summed E-state index contributed by atoms with van der Waals surface area (Å²) in [6.45, 7) is 8.02. The average Bonchev–Trinajstić information content (AvgIpc) is 2.78. The summed E-state index contributed by atoms with van der Waals surface area (Å²) < 4.78 is 5.33. The Labute approximate surface area is 216 Å². The number of benzene rings is 2. The van der Waals surface area contributed by atoms with Crippen LogP contribution in [0.3, 0.4) is 0 Å². The number of hydrogen-bond acceptors (Lipinski definition) is 7. The molecular formula is C27H34N4O6. The van der Waals surface area contributed by atoms with Gasteiger partial charge in [0.25, 0.3) is 0 Å². The highest BCUT2D eigenvalue weighted by atomic mass is 16.6. The van der Waals surface area contributed by atoms with E-state index in [9.17, 15) is 29.9 Å². The van der Waals surface area contributed by atoms with Crippen molar-refractivity contribution in [2.75, 3.05) is 6.54 Å². The summed E-state index contributed by atoms with van der Waals surface area (Å²) in [5, 5.41) is 35.0. The molecule has 0 aliphatic carbocycles. The van der Waals surface area contributed by atoms with Crippen LogP contribution in [0.5, 0.6) is 11.5 Å². The molecular weight excluding hydrogens is 476 g/mol. The van der Waals surface area contributed by atoms with Gasteiger partial charge < -0.3 is 30.5 Å². The molecule has 198 valence electrons. The molecule has 0 aliphatic rings. The van der Waals surface area contributed by atoms with E-state index in [2.05, 4.69) is 10.6 Å². The topological polar surface area (TPSA) is 152 Å². The maximum absolute atomic E-state index is 13.9. The highest BCUT2D eigenvalue weighted by molar-refractivity contribution is 5.93. The van der Waals surface area contributed by atoms with Crippen LogP contribution in [-0.4, -0.2) is 57.3 Å². The maximum atomic E-state index is 13.9. The van der Waals surface area contributed by atoms with Crippen LogP contribution >= 0.6 is 0 Å². The van der Waals surface area contributed by atoms with E-state index in [1.165, 1.54) is 24.3 Å². The number of aromatic hydroxyl groups is 2. The zero-order valence-electron chi connectivity index (χ0n) is 21.7. The molecule has 0 saturated carbocycles. The van der Waals surface area contributed by atoms with Gasteiger partial charge in [-0.25, -0.2) is 4.79 Å². The van der Waals surface area contributed by atoms with Crippen LogP contribution in [0.2, 0.25) is 0 Å². The molecule has 0 bridgehead atoms. The van der Waals surface area contributed by atoms with Gasteiger partial charge in [0, 0.05) is 18.0 Å². The van der Waals surface area contributed by atoms with Crippen molar-refractivity contribution in [2.45, 2.75) is 64.8 Å². The fourth-order valence-electron chi connectivity index (χ4n) is 3.62. The zero-order chi connectivity index (χ0) is 27.8. The van der Waals surface area contributed by atoms with Gasteiger partial charge in [-0.05, 0) is 58.4 Å². The number of para-hydroxylation sites is 1. The number of nitriles is 1. The van der Waals surface area contributed by atoms with E-state index in [0.29, 0.717) is 5.56 Å².